The van der Waals surface area contributed by atoms with E-state index in [0.717, 1.165) is 11.1 Å². The van der Waals surface area contributed by atoms with Crippen molar-refractivity contribution in [3.8, 4) is 0 Å². The van der Waals surface area contributed by atoms with E-state index in [9.17, 15) is 29.8 Å². The van der Waals surface area contributed by atoms with Gasteiger partial charge in [-0.3, -0.25) is 0 Å². The summed E-state index contributed by atoms with van der Waals surface area (Å²) in [6.07, 6.45) is -1.33. The summed E-state index contributed by atoms with van der Waals surface area (Å²) in [7, 11) is -6.29. The van der Waals surface area contributed by atoms with Gasteiger partial charge in [-0.15, -0.1) is 0 Å². The topological polar surface area (TPSA) is 121 Å². The van der Waals surface area contributed by atoms with E-state index in [0.29, 0.717) is 21.2 Å². The van der Waals surface area contributed by atoms with Crippen LogP contribution in [0.5, 0.6) is 0 Å². The summed E-state index contributed by atoms with van der Waals surface area (Å²) in [6.45, 7) is 1.86. The van der Waals surface area contributed by atoms with Gasteiger partial charge in [0.25, 0.3) is 0 Å². The van der Waals surface area contributed by atoms with E-state index in [4.69, 9.17) is 0 Å². The smallest absolute Gasteiger partial charge is 0.333 e. The van der Waals surface area contributed by atoms with Crippen LogP contribution in [-0.4, -0.2) is 29.8 Å². The van der Waals surface area contributed by atoms with Crippen LogP contribution in [0.25, 0.3) is 0 Å². The number of aliphatic hydroxyl groups is 2. The third-order valence-corrected chi connectivity index (χ3v) is 11.8. The maximum atomic E-state index is 10.3. The SMILES string of the molecule is CC(C(O)c1ccccc1)C(O)c1ccccc1.O[P+](O)(c1ccccc1)c1ccccc1.O[P+](O)(c1ccccc1)c1ccccc1. The first-order valence-electron chi connectivity index (χ1n) is 15.5. The fourth-order valence-corrected chi connectivity index (χ4v) is 7.87. The number of hydrogen-bond donors (Lipinski definition) is 6. The fourth-order valence-electron chi connectivity index (χ4n) is 4.92. The minimum Gasteiger partial charge on any atom is -0.388 e. The van der Waals surface area contributed by atoms with Gasteiger partial charge in [0.05, 0.1) is 12.2 Å². The van der Waals surface area contributed by atoms with Crippen LogP contribution < -0.4 is 21.2 Å². The number of hydrogen-bond acceptors (Lipinski definition) is 6. The molecule has 0 heterocycles. The van der Waals surface area contributed by atoms with Crippen molar-refractivity contribution in [3.63, 3.8) is 0 Å². The Morgan fingerprint density at radius 3 is 0.729 bits per heavy atom. The average molecular weight is 681 g/mol. The second-order valence-corrected chi connectivity index (χ2v) is 15.6. The van der Waals surface area contributed by atoms with Gasteiger partial charge in [0, 0.05) is 5.92 Å². The van der Waals surface area contributed by atoms with Crippen LogP contribution >= 0.6 is 15.4 Å². The van der Waals surface area contributed by atoms with Crippen molar-refractivity contribution in [2.45, 2.75) is 19.1 Å². The molecule has 2 atom stereocenters. The predicted octanol–water partition coefficient (Wildman–Crippen LogP) is 6.03. The van der Waals surface area contributed by atoms with Crippen LogP contribution in [0.1, 0.15) is 30.3 Å². The predicted molar refractivity (Wildman–Crippen MR) is 199 cm³/mol. The Hall–Kier alpha value is -4.06. The van der Waals surface area contributed by atoms with Crippen molar-refractivity contribution in [3.05, 3.63) is 193 Å². The molecule has 0 aliphatic heterocycles. The fraction of sp³-hybridized carbons (Fsp3) is 0.100. The van der Waals surface area contributed by atoms with E-state index in [1.165, 1.54) is 0 Å². The van der Waals surface area contributed by atoms with Crippen molar-refractivity contribution >= 4 is 36.7 Å². The summed E-state index contributed by atoms with van der Waals surface area (Å²) in [4.78, 5) is 40.5. The quantitative estimate of drug-likeness (QED) is 0.109. The van der Waals surface area contributed by atoms with Gasteiger partial charge >= 0.3 is 15.4 Å². The van der Waals surface area contributed by atoms with Gasteiger partial charge in [-0.25, -0.2) is 19.6 Å². The lowest BCUT2D eigenvalue weighted by molar-refractivity contribution is 0.0199. The standard InChI is InChI=1S/C16H18O2.2C12H12O2P/c1-12(15(17)13-8-4-2-5-9-13)16(18)14-10-6-3-7-11-14;2*13-15(14,11-7-3-1-4-8-11)12-9-5-2-6-10-12/h2-12,15-18H,1H3;2*1-10,13-14H/q;2*+1. The lowest BCUT2D eigenvalue weighted by Gasteiger charge is -2.24. The Labute approximate surface area is 283 Å². The molecule has 0 amide bonds. The molecule has 0 saturated carbocycles. The van der Waals surface area contributed by atoms with Crippen molar-refractivity contribution in [1.82, 2.24) is 0 Å². The third-order valence-electron chi connectivity index (χ3n) is 7.74. The normalized spacial score (nSPS) is 13.1. The van der Waals surface area contributed by atoms with Gasteiger partial charge in [-0.1, -0.05) is 140 Å². The van der Waals surface area contributed by atoms with E-state index < -0.39 is 27.6 Å². The van der Waals surface area contributed by atoms with Gasteiger partial charge in [-0.2, -0.15) is 0 Å². The van der Waals surface area contributed by atoms with Gasteiger partial charge in [-0.05, 0) is 59.7 Å². The van der Waals surface area contributed by atoms with E-state index in [2.05, 4.69) is 0 Å². The van der Waals surface area contributed by atoms with Crippen LogP contribution in [0.4, 0.5) is 0 Å². The number of benzene rings is 6. The van der Waals surface area contributed by atoms with E-state index in [1.54, 1.807) is 97.1 Å². The Balaban J connectivity index is 0.000000164. The van der Waals surface area contributed by atoms with Crippen LogP contribution in [0, 0.1) is 5.92 Å². The molecule has 6 rings (SSSR count). The maximum Gasteiger partial charge on any atom is 0.333 e. The van der Waals surface area contributed by atoms with Gasteiger partial charge in [0.15, 0.2) is 21.2 Å². The Morgan fingerprint density at radius 1 is 0.333 bits per heavy atom. The van der Waals surface area contributed by atoms with E-state index >= 15 is 0 Å². The Kier molecular flexibility index (Phi) is 13.7. The highest BCUT2D eigenvalue weighted by molar-refractivity contribution is 7.79. The molecule has 6 aromatic rings. The first-order chi connectivity index (χ1) is 23.1. The van der Waals surface area contributed by atoms with Crippen LogP contribution in [0.15, 0.2) is 182 Å². The number of aliphatic hydroxyl groups excluding tert-OH is 2. The van der Waals surface area contributed by atoms with Crippen molar-refractivity contribution < 1.29 is 29.8 Å². The minimum absolute atomic E-state index is 0.255. The molecule has 0 aliphatic rings. The molecule has 246 valence electrons. The molecule has 0 radical (unpaired) electrons. The monoisotopic (exact) mass is 680 g/mol. The highest BCUT2D eigenvalue weighted by Crippen LogP contribution is 2.47. The summed E-state index contributed by atoms with van der Waals surface area (Å²) in [6, 6.07) is 54.6. The van der Waals surface area contributed by atoms with Crippen molar-refractivity contribution in [1.29, 1.82) is 0 Å². The summed E-state index contributed by atoms with van der Waals surface area (Å²) < 4.78 is 0. The molecular formula is C40H42O6P2+2. The van der Waals surface area contributed by atoms with E-state index in [-0.39, 0.29) is 5.92 Å². The molecule has 0 aliphatic carbocycles. The van der Waals surface area contributed by atoms with Crippen LogP contribution in [0.3, 0.4) is 0 Å². The molecule has 48 heavy (non-hydrogen) atoms. The lowest BCUT2D eigenvalue weighted by atomic mass is 9.89. The third kappa shape index (κ3) is 9.98. The summed E-state index contributed by atoms with van der Waals surface area (Å²) in [5.74, 6) is -0.255. The average Bonchev–Trinajstić information content (AvgIpc) is 3.16. The molecule has 0 spiro atoms. The zero-order valence-corrected chi connectivity index (χ0v) is 28.4. The molecule has 6 N–H and O–H groups in total. The molecule has 8 heteroatoms. The molecule has 6 aromatic carbocycles. The Morgan fingerprint density at radius 2 is 0.521 bits per heavy atom. The second kappa shape index (κ2) is 17.9. The summed E-state index contributed by atoms with van der Waals surface area (Å²) in [5, 5.41) is 22.8. The first kappa shape index (κ1) is 36.8. The zero-order chi connectivity index (χ0) is 34.4. The van der Waals surface area contributed by atoms with Crippen LogP contribution in [0.2, 0.25) is 0 Å². The molecule has 0 aromatic heterocycles. The molecular weight excluding hydrogens is 638 g/mol. The maximum absolute atomic E-state index is 10.3. The molecule has 0 fully saturated rings. The van der Waals surface area contributed by atoms with Crippen molar-refractivity contribution in [2.75, 3.05) is 0 Å². The van der Waals surface area contributed by atoms with Gasteiger partial charge < -0.3 is 10.2 Å². The zero-order valence-electron chi connectivity index (χ0n) is 26.6. The molecule has 0 saturated heterocycles. The molecule has 2 unspecified atom stereocenters. The second-order valence-electron chi connectivity index (χ2n) is 11.1. The highest BCUT2D eigenvalue weighted by Gasteiger charge is 2.40. The Bertz CT molecular complexity index is 1530. The van der Waals surface area contributed by atoms with E-state index in [1.807, 2.05) is 91.9 Å². The largest absolute Gasteiger partial charge is 0.388 e. The first-order valence-corrected chi connectivity index (χ1v) is 18.9. The number of rotatable bonds is 8. The highest BCUT2D eigenvalue weighted by atomic mass is 31.2. The molecule has 6 nitrogen and oxygen atoms in total. The summed E-state index contributed by atoms with van der Waals surface area (Å²) in [5.41, 5.74) is 1.67. The van der Waals surface area contributed by atoms with Gasteiger partial charge in [0.1, 0.15) is 0 Å². The lowest BCUT2D eigenvalue weighted by Crippen LogP contribution is -2.20. The van der Waals surface area contributed by atoms with Crippen LogP contribution in [-0.2, 0) is 0 Å². The van der Waals surface area contributed by atoms with Crippen molar-refractivity contribution in [2.24, 2.45) is 5.92 Å². The molecule has 0 bridgehead atoms. The summed E-state index contributed by atoms with van der Waals surface area (Å²) >= 11 is 0. The minimum atomic E-state index is -3.15. The van der Waals surface area contributed by atoms with Gasteiger partial charge in [0.2, 0.25) is 0 Å².